The monoisotopic (exact) mass is 450 g/mol. The Kier molecular flexibility index (Phi) is 5.53. The molecule has 0 saturated carbocycles. The minimum absolute atomic E-state index is 0.223. The third kappa shape index (κ3) is 4.24. The molecule has 0 fully saturated rings. The lowest BCUT2D eigenvalue weighted by Gasteiger charge is -2.12. The third-order valence-corrected chi connectivity index (χ3v) is 5.41. The molecule has 2 aromatic heterocycles. The van der Waals surface area contributed by atoms with Crippen LogP contribution in [0, 0.1) is 0 Å². The van der Waals surface area contributed by atoms with Gasteiger partial charge in [0.2, 0.25) is 5.95 Å². The van der Waals surface area contributed by atoms with Gasteiger partial charge in [0.15, 0.2) is 0 Å². The Morgan fingerprint density at radius 1 is 0.941 bits per heavy atom. The molecule has 8 heteroatoms. The van der Waals surface area contributed by atoms with E-state index in [0.717, 1.165) is 22.0 Å². The number of carbonyl (C=O) groups is 1. The number of carbonyl (C=O) groups excluding carboxylic acids is 1. The minimum Gasteiger partial charge on any atom is -0.495 e. The normalized spacial score (nSPS) is 10.7. The molecule has 0 spiro atoms. The van der Waals surface area contributed by atoms with Crippen LogP contribution in [0.3, 0.4) is 0 Å². The summed E-state index contributed by atoms with van der Waals surface area (Å²) in [7, 11) is 1.56. The number of amides is 2. The molecule has 5 rings (SSSR count). The van der Waals surface area contributed by atoms with Gasteiger partial charge in [0, 0.05) is 23.5 Å². The number of methoxy groups -OCH3 is 1. The first-order valence-electron chi connectivity index (χ1n) is 10.6. The molecular formula is C26H22N6O2. The standard InChI is InChI=1S/C26H22N6O2/c1-34-23-8-3-2-7-21(23)30-26(33)29-20-6-4-5-18(15-20)19-10-9-17-12-14-32(22(17)16-19)24-11-13-28-25(27)31-24/h2-16H,1H3,(H2,27,28,31)(H2,29,30,33). The van der Waals surface area contributed by atoms with Gasteiger partial charge in [-0.2, -0.15) is 4.98 Å². The van der Waals surface area contributed by atoms with Crippen molar-refractivity contribution in [3.05, 3.63) is 91.3 Å². The van der Waals surface area contributed by atoms with Crippen LogP contribution < -0.4 is 21.1 Å². The average molecular weight is 451 g/mol. The van der Waals surface area contributed by atoms with E-state index < -0.39 is 0 Å². The van der Waals surface area contributed by atoms with E-state index in [9.17, 15) is 4.79 Å². The lowest BCUT2D eigenvalue weighted by Crippen LogP contribution is -2.19. The Balaban J connectivity index is 1.41. The molecule has 0 saturated heterocycles. The fourth-order valence-electron chi connectivity index (χ4n) is 3.81. The summed E-state index contributed by atoms with van der Waals surface area (Å²) in [4.78, 5) is 20.9. The Hall–Kier alpha value is -4.85. The molecule has 2 heterocycles. The maximum atomic E-state index is 12.6. The molecule has 0 radical (unpaired) electrons. The van der Waals surface area contributed by atoms with Crippen molar-refractivity contribution in [3.63, 3.8) is 0 Å². The minimum atomic E-state index is -0.354. The molecular weight excluding hydrogens is 428 g/mol. The van der Waals surface area contributed by atoms with E-state index in [0.29, 0.717) is 22.9 Å². The number of para-hydroxylation sites is 2. The summed E-state index contributed by atoms with van der Waals surface area (Å²) in [6.07, 6.45) is 3.59. The molecule has 2 amide bonds. The van der Waals surface area contributed by atoms with E-state index in [1.165, 1.54) is 0 Å². The molecule has 0 unspecified atom stereocenters. The van der Waals surface area contributed by atoms with Gasteiger partial charge in [-0.25, -0.2) is 9.78 Å². The maximum Gasteiger partial charge on any atom is 0.323 e. The largest absolute Gasteiger partial charge is 0.495 e. The molecule has 8 nitrogen and oxygen atoms in total. The van der Waals surface area contributed by atoms with Gasteiger partial charge < -0.3 is 25.7 Å². The number of aromatic nitrogens is 3. The van der Waals surface area contributed by atoms with E-state index in [-0.39, 0.29) is 12.0 Å². The van der Waals surface area contributed by atoms with Crippen molar-refractivity contribution in [2.24, 2.45) is 0 Å². The summed E-state index contributed by atoms with van der Waals surface area (Å²) in [5.74, 6) is 1.51. The zero-order chi connectivity index (χ0) is 23.5. The molecule has 34 heavy (non-hydrogen) atoms. The Morgan fingerprint density at radius 3 is 2.65 bits per heavy atom. The zero-order valence-electron chi connectivity index (χ0n) is 18.4. The highest BCUT2D eigenvalue weighted by Gasteiger charge is 2.10. The van der Waals surface area contributed by atoms with Crippen molar-refractivity contribution in [1.82, 2.24) is 14.5 Å². The second-order valence-corrected chi connectivity index (χ2v) is 7.59. The van der Waals surface area contributed by atoms with Crippen LogP contribution in [0.1, 0.15) is 0 Å². The van der Waals surface area contributed by atoms with Gasteiger partial charge in [-0.1, -0.05) is 36.4 Å². The molecule has 0 aliphatic carbocycles. The van der Waals surface area contributed by atoms with E-state index in [4.69, 9.17) is 10.5 Å². The van der Waals surface area contributed by atoms with Crippen LogP contribution in [0.25, 0.3) is 27.8 Å². The fourth-order valence-corrected chi connectivity index (χ4v) is 3.81. The number of nitrogens with zero attached hydrogens (tertiary/aromatic N) is 3. The number of ether oxygens (including phenoxy) is 1. The first kappa shape index (κ1) is 21.0. The number of benzene rings is 3. The van der Waals surface area contributed by atoms with Gasteiger partial charge in [-0.05, 0) is 53.6 Å². The fraction of sp³-hybridized carbons (Fsp3) is 0.0385. The molecule has 0 atom stereocenters. The van der Waals surface area contributed by atoms with Gasteiger partial charge >= 0.3 is 6.03 Å². The van der Waals surface area contributed by atoms with Crippen LogP contribution in [0.15, 0.2) is 91.3 Å². The SMILES string of the molecule is COc1ccccc1NC(=O)Nc1cccc(-c2ccc3ccn(-c4ccnc(N)n4)c3c2)c1. The van der Waals surface area contributed by atoms with Gasteiger partial charge in [0.25, 0.3) is 0 Å². The molecule has 3 aromatic carbocycles. The van der Waals surface area contributed by atoms with Gasteiger partial charge in [0.05, 0.1) is 18.3 Å². The van der Waals surface area contributed by atoms with Gasteiger partial charge in [0.1, 0.15) is 11.6 Å². The van der Waals surface area contributed by atoms with Crippen molar-refractivity contribution in [1.29, 1.82) is 0 Å². The van der Waals surface area contributed by atoms with Crippen molar-refractivity contribution in [3.8, 4) is 22.7 Å². The van der Waals surface area contributed by atoms with Crippen molar-refractivity contribution in [2.75, 3.05) is 23.5 Å². The summed E-state index contributed by atoms with van der Waals surface area (Å²) in [6, 6.07) is 24.6. The highest BCUT2D eigenvalue weighted by atomic mass is 16.5. The number of hydrogen-bond acceptors (Lipinski definition) is 5. The van der Waals surface area contributed by atoms with E-state index >= 15 is 0 Å². The number of urea groups is 1. The molecule has 4 N–H and O–H groups in total. The number of anilines is 3. The number of nitrogens with two attached hydrogens (primary N) is 1. The Bertz CT molecular complexity index is 1490. The zero-order valence-corrected chi connectivity index (χ0v) is 18.4. The van der Waals surface area contributed by atoms with Crippen LogP contribution in [-0.4, -0.2) is 27.7 Å². The third-order valence-electron chi connectivity index (χ3n) is 5.41. The lowest BCUT2D eigenvalue weighted by atomic mass is 10.0. The Labute approximate surface area is 196 Å². The van der Waals surface area contributed by atoms with E-state index in [1.54, 1.807) is 25.4 Å². The van der Waals surface area contributed by atoms with E-state index in [2.05, 4.69) is 38.8 Å². The molecule has 0 bridgehead atoms. The lowest BCUT2D eigenvalue weighted by molar-refractivity contribution is 0.262. The quantitative estimate of drug-likeness (QED) is 0.336. The average Bonchev–Trinajstić information content (AvgIpc) is 3.28. The maximum absolute atomic E-state index is 12.6. The second-order valence-electron chi connectivity index (χ2n) is 7.59. The van der Waals surface area contributed by atoms with Crippen LogP contribution in [0.4, 0.5) is 22.1 Å². The highest BCUT2D eigenvalue weighted by molar-refractivity contribution is 6.01. The summed E-state index contributed by atoms with van der Waals surface area (Å²) in [6.45, 7) is 0. The number of nitrogen functional groups attached to an aromatic ring is 1. The smallest absolute Gasteiger partial charge is 0.323 e. The van der Waals surface area contributed by atoms with Crippen LogP contribution >= 0.6 is 0 Å². The summed E-state index contributed by atoms with van der Waals surface area (Å²) < 4.78 is 7.26. The number of nitrogens with one attached hydrogen (secondary N) is 2. The number of hydrogen-bond donors (Lipinski definition) is 3. The number of rotatable bonds is 5. The molecule has 0 aliphatic rings. The predicted molar refractivity (Wildman–Crippen MR) is 134 cm³/mol. The first-order valence-corrected chi connectivity index (χ1v) is 10.6. The summed E-state index contributed by atoms with van der Waals surface area (Å²) >= 11 is 0. The second kappa shape index (κ2) is 8.95. The highest BCUT2D eigenvalue weighted by Crippen LogP contribution is 2.29. The summed E-state index contributed by atoms with van der Waals surface area (Å²) in [5.41, 5.74) is 9.99. The van der Waals surface area contributed by atoms with Crippen molar-refractivity contribution >= 4 is 34.3 Å². The van der Waals surface area contributed by atoms with Crippen molar-refractivity contribution < 1.29 is 9.53 Å². The van der Waals surface area contributed by atoms with E-state index in [1.807, 2.05) is 59.3 Å². The Morgan fingerprint density at radius 2 is 1.79 bits per heavy atom. The molecule has 5 aromatic rings. The molecule has 0 aliphatic heterocycles. The molecule has 168 valence electrons. The van der Waals surface area contributed by atoms with Gasteiger partial charge in [-0.3, -0.25) is 0 Å². The predicted octanol–water partition coefficient (Wildman–Crippen LogP) is 5.32. The first-order chi connectivity index (χ1) is 16.6. The summed E-state index contributed by atoms with van der Waals surface area (Å²) in [5, 5.41) is 6.78. The number of fused-ring (bicyclic) bond motifs is 1. The van der Waals surface area contributed by atoms with Crippen LogP contribution in [-0.2, 0) is 0 Å². The van der Waals surface area contributed by atoms with Crippen LogP contribution in [0.2, 0.25) is 0 Å². The van der Waals surface area contributed by atoms with Gasteiger partial charge in [-0.15, -0.1) is 0 Å². The van der Waals surface area contributed by atoms with Crippen molar-refractivity contribution in [2.45, 2.75) is 0 Å². The topological polar surface area (TPSA) is 107 Å². The van der Waals surface area contributed by atoms with Crippen LogP contribution in [0.5, 0.6) is 5.75 Å².